The van der Waals surface area contributed by atoms with Gasteiger partial charge in [-0.05, 0) is 0 Å². The molecule has 0 aromatic heterocycles. The van der Waals surface area contributed by atoms with Crippen molar-refractivity contribution < 1.29 is 5.11 Å². The third-order valence-corrected chi connectivity index (χ3v) is 12.4. The number of aliphatic hydroxyl groups excluding tert-OH is 1. The predicted octanol–water partition coefficient (Wildman–Crippen LogP) is 4.27. The number of aliphatic hydroxyl groups is 1. The standard InChI is InChI=1S/C21H21Cl2OP/c22-16-18(24)17-25(23,19-10-4-1-5-11-19,20-12-6-2-7-13-20)21-14-8-3-9-15-21/h1-15,18,24H,16-17H2. The van der Waals surface area contributed by atoms with E-state index in [1.807, 2.05) is 54.6 Å². The van der Waals surface area contributed by atoms with Gasteiger partial charge in [-0.3, -0.25) is 0 Å². The maximum absolute atomic E-state index is 10.6. The van der Waals surface area contributed by atoms with Crippen LogP contribution in [-0.2, 0) is 0 Å². The molecular weight excluding hydrogens is 370 g/mol. The summed E-state index contributed by atoms with van der Waals surface area (Å²) in [6, 6.07) is 30.3. The monoisotopic (exact) mass is 390 g/mol. The van der Waals surface area contributed by atoms with Gasteiger partial charge in [-0.25, -0.2) is 0 Å². The van der Waals surface area contributed by atoms with Crippen LogP contribution in [0.4, 0.5) is 0 Å². The Morgan fingerprint density at radius 1 is 0.680 bits per heavy atom. The Balaban J connectivity index is 2.40. The van der Waals surface area contributed by atoms with Crippen LogP contribution in [0, 0.1) is 0 Å². The van der Waals surface area contributed by atoms with E-state index in [0.29, 0.717) is 6.16 Å². The van der Waals surface area contributed by atoms with E-state index >= 15 is 0 Å². The van der Waals surface area contributed by atoms with E-state index in [2.05, 4.69) is 36.4 Å². The minimum atomic E-state index is -3.38. The molecule has 3 rings (SSSR count). The number of halogens is 2. The first kappa shape index (κ1) is 18.4. The van der Waals surface area contributed by atoms with Crippen LogP contribution in [0.2, 0.25) is 0 Å². The van der Waals surface area contributed by atoms with Crippen LogP contribution in [0.5, 0.6) is 0 Å². The molecule has 4 heteroatoms. The van der Waals surface area contributed by atoms with E-state index in [0.717, 1.165) is 15.9 Å². The molecule has 3 aromatic rings. The van der Waals surface area contributed by atoms with Gasteiger partial charge in [0, 0.05) is 0 Å². The summed E-state index contributed by atoms with van der Waals surface area (Å²) in [4.78, 5) is 0. The third kappa shape index (κ3) is 3.23. The molecular formula is C21H21Cl2OP. The van der Waals surface area contributed by atoms with Gasteiger partial charge in [-0.2, -0.15) is 0 Å². The summed E-state index contributed by atoms with van der Waals surface area (Å²) in [5.41, 5.74) is 0. The summed E-state index contributed by atoms with van der Waals surface area (Å²) in [6.45, 7) is 0. The number of rotatable bonds is 6. The van der Waals surface area contributed by atoms with Gasteiger partial charge < -0.3 is 0 Å². The summed E-state index contributed by atoms with van der Waals surface area (Å²) in [5, 5.41) is 13.7. The molecule has 1 nitrogen and oxygen atoms in total. The Bertz CT molecular complexity index is 710. The number of hydrogen-bond acceptors (Lipinski definition) is 1. The van der Waals surface area contributed by atoms with Gasteiger partial charge in [-0.1, -0.05) is 0 Å². The molecule has 0 aliphatic rings. The minimum absolute atomic E-state index is 0.150. The average molecular weight is 391 g/mol. The molecule has 3 aromatic carbocycles. The van der Waals surface area contributed by atoms with Gasteiger partial charge in [0.2, 0.25) is 0 Å². The predicted molar refractivity (Wildman–Crippen MR) is 113 cm³/mol. The first-order valence-corrected chi connectivity index (χ1v) is 12.1. The fraction of sp³-hybridized carbons (Fsp3) is 0.143. The zero-order valence-electron chi connectivity index (χ0n) is 13.8. The van der Waals surface area contributed by atoms with Gasteiger partial charge in [0.15, 0.2) is 0 Å². The van der Waals surface area contributed by atoms with Gasteiger partial charge >= 0.3 is 159 Å². The molecule has 130 valence electrons. The van der Waals surface area contributed by atoms with Crippen molar-refractivity contribution in [3.05, 3.63) is 91.0 Å². The van der Waals surface area contributed by atoms with Crippen LogP contribution in [0.1, 0.15) is 0 Å². The van der Waals surface area contributed by atoms with Crippen molar-refractivity contribution in [2.24, 2.45) is 0 Å². The van der Waals surface area contributed by atoms with Crippen molar-refractivity contribution in [1.29, 1.82) is 0 Å². The molecule has 0 spiro atoms. The van der Waals surface area contributed by atoms with E-state index < -0.39 is 12.1 Å². The van der Waals surface area contributed by atoms with E-state index in [1.165, 1.54) is 0 Å². The summed E-state index contributed by atoms with van der Waals surface area (Å²) in [7, 11) is 0. The van der Waals surface area contributed by atoms with Gasteiger partial charge in [0.25, 0.3) is 0 Å². The molecule has 0 radical (unpaired) electrons. The van der Waals surface area contributed by atoms with E-state index in [9.17, 15) is 5.11 Å². The Kier molecular flexibility index (Phi) is 5.51. The fourth-order valence-corrected chi connectivity index (χ4v) is 10.0. The third-order valence-electron chi connectivity index (χ3n) is 4.62. The molecule has 0 aliphatic carbocycles. The average Bonchev–Trinajstić information content (AvgIpc) is 2.70. The molecule has 0 bridgehead atoms. The van der Waals surface area contributed by atoms with Crippen molar-refractivity contribution >= 4 is 44.7 Å². The van der Waals surface area contributed by atoms with Crippen LogP contribution in [0.25, 0.3) is 0 Å². The van der Waals surface area contributed by atoms with E-state index in [-0.39, 0.29) is 5.88 Å². The Labute approximate surface area is 159 Å². The normalized spacial score (nSPS) is 14.4. The molecule has 0 aliphatic heterocycles. The summed E-state index contributed by atoms with van der Waals surface area (Å²) < 4.78 is 0. The van der Waals surface area contributed by atoms with Crippen molar-refractivity contribution in [3.63, 3.8) is 0 Å². The summed E-state index contributed by atoms with van der Waals surface area (Å²) in [6.07, 6.45) is -0.299. The first-order valence-electron chi connectivity index (χ1n) is 8.23. The molecule has 0 fully saturated rings. The molecule has 1 atom stereocenters. The van der Waals surface area contributed by atoms with Crippen LogP contribution in [0.15, 0.2) is 91.0 Å². The van der Waals surface area contributed by atoms with Crippen molar-refractivity contribution in [2.75, 3.05) is 12.0 Å². The van der Waals surface area contributed by atoms with Crippen molar-refractivity contribution in [1.82, 2.24) is 0 Å². The van der Waals surface area contributed by atoms with Crippen molar-refractivity contribution in [2.45, 2.75) is 6.10 Å². The molecule has 1 N–H and O–H groups in total. The Morgan fingerprint density at radius 2 is 1.00 bits per heavy atom. The van der Waals surface area contributed by atoms with Crippen LogP contribution in [0.3, 0.4) is 0 Å². The molecule has 0 saturated carbocycles. The Hall–Kier alpha value is -1.37. The maximum atomic E-state index is 10.6. The molecule has 0 saturated heterocycles. The SMILES string of the molecule is OC(CCl)CP(Cl)(c1ccccc1)(c1ccccc1)c1ccccc1. The van der Waals surface area contributed by atoms with E-state index in [4.69, 9.17) is 22.8 Å². The number of benzene rings is 3. The van der Waals surface area contributed by atoms with Crippen LogP contribution < -0.4 is 15.9 Å². The fourth-order valence-electron chi connectivity index (χ4n) is 3.42. The second-order valence-corrected chi connectivity index (χ2v) is 13.0. The van der Waals surface area contributed by atoms with Crippen molar-refractivity contribution in [3.8, 4) is 0 Å². The molecule has 0 amide bonds. The second kappa shape index (κ2) is 7.48. The van der Waals surface area contributed by atoms with Gasteiger partial charge in [0.1, 0.15) is 0 Å². The Morgan fingerprint density at radius 3 is 1.28 bits per heavy atom. The van der Waals surface area contributed by atoms with E-state index in [1.54, 1.807) is 0 Å². The molecule has 25 heavy (non-hydrogen) atoms. The zero-order valence-corrected chi connectivity index (χ0v) is 16.2. The van der Waals surface area contributed by atoms with Crippen LogP contribution >= 0.6 is 28.8 Å². The zero-order chi connectivity index (χ0) is 17.8. The molecule has 0 heterocycles. The van der Waals surface area contributed by atoms with Gasteiger partial charge in [-0.15, -0.1) is 0 Å². The number of alkyl halides is 1. The summed E-state index contributed by atoms with van der Waals surface area (Å²) in [5.74, 6) is -3.23. The van der Waals surface area contributed by atoms with Gasteiger partial charge in [0.05, 0.1) is 0 Å². The topological polar surface area (TPSA) is 20.2 Å². The number of hydrogen-bond donors (Lipinski definition) is 1. The first-order chi connectivity index (χ1) is 12.1. The quantitative estimate of drug-likeness (QED) is 0.492. The second-order valence-electron chi connectivity index (χ2n) is 6.18. The van der Waals surface area contributed by atoms with Crippen LogP contribution in [-0.4, -0.2) is 23.3 Å². The summed E-state index contributed by atoms with van der Waals surface area (Å²) >= 11 is 13.8. The molecule has 1 unspecified atom stereocenters.